The van der Waals surface area contributed by atoms with Gasteiger partial charge in [-0.25, -0.2) is 9.78 Å². The summed E-state index contributed by atoms with van der Waals surface area (Å²) in [6.07, 6.45) is 2.21. The molecule has 0 aliphatic heterocycles. The van der Waals surface area contributed by atoms with E-state index < -0.39 is 5.97 Å². The normalized spacial score (nSPS) is 10.6. The number of aromatic carboxylic acids is 1. The molecule has 0 aliphatic carbocycles. The molecule has 5 heteroatoms. The standard InChI is InChI=1S/C14H14ClNO2S/c1-2-4-11-13(14(17)18)19-12(16-11)8-9-5-3-6-10(15)7-9/h3,5-7H,2,4,8H2,1H3,(H,17,18). The third-order valence-corrected chi connectivity index (χ3v) is 3.99. The Hall–Kier alpha value is -1.39. The monoisotopic (exact) mass is 295 g/mol. The fourth-order valence-electron chi connectivity index (χ4n) is 1.87. The lowest BCUT2D eigenvalue weighted by molar-refractivity contribution is 0.0700. The van der Waals surface area contributed by atoms with Crippen LogP contribution in [-0.4, -0.2) is 16.1 Å². The molecule has 1 aromatic heterocycles. The van der Waals surface area contributed by atoms with Crippen molar-refractivity contribution in [2.45, 2.75) is 26.2 Å². The molecule has 0 unspecified atom stereocenters. The summed E-state index contributed by atoms with van der Waals surface area (Å²) >= 11 is 7.19. The highest BCUT2D eigenvalue weighted by Crippen LogP contribution is 2.23. The van der Waals surface area contributed by atoms with Crippen molar-refractivity contribution in [3.63, 3.8) is 0 Å². The van der Waals surface area contributed by atoms with Gasteiger partial charge in [0.25, 0.3) is 0 Å². The minimum Gasteiger partial charge on any atom is -0.477 e. The number of benzene rings is 1. The van der Waals surface area contributed by atoms with E-state index >= 15 is 0 Å². The average Bonchev–Trinajstić information content (AvgIpc) is 2.73. The lowest BCUT2D eigenvalue weighted by Gasteiger charge is -1.98. The Labute approximate surface area is 120 Å². The van der Waals surface area contributed by atoms with Crippen molar-refractivity contribution in [2.75, 3.05) is 0 Å². The van der Waals surface area contributed by atoms with Gasteiger partial charge < -0.3 is 5.11 Å². The van der Waals surface area contributed by atoms with Crippen LogP contribution in [0.4, 0.5) is 0 Å². The van der Waals surface area contributed by atoms with Crippen LogP contribution in [0.3, 0.4) is 0 Å². The number of hydrogen-bond acceptors (Lipinski definition) is 3. The van der Waals surface area contributed by atoms with Crippen LogP contribution in [0, 0.1) is 0 Å². The molecule has 1 N–H and O–H groups in total. The SMILES string of the molecule is CCCc1nc(Cc2cccc(Cl)c2)sc1C(=O)O. The zero-order valence-electron chi connectivity index (χ0n) is 10.5. The Morgan fingerprint density at radius 2 is 2.26 bits per heavy atom. The van der Waals surface area contributed by atoms with E-state index in [0.29, 0.717) is 28.4 Å². The molecular weight excluding hydrogens is 282 g/mol. The molecule has 0 bridgehead atoms. The van der Waals surface area contributed by atoms with Crippen LogP contribution in [0.25, 0.3) is 0 Å². The third-order valence-electron chi connectivity index (χ3n) is 2.67. The first-order valence-corrected chi connectivity index (χ1v) is 7.26. The van der Waals surface area contributed by atoms with E-state index in [4.69, 9.17) is 16.7 Å². The van der Waals surface area contributed by atoms with Crippen LogP contribution in [-0.2, 0) is 12.8 Å². The second kappa shape index (κ2) is 6.17. The third kappa shape index (κ3) is 3.55. The maximum absolute atomic E-state index is 11.2. The molecular formula is C14H14ClNO2S. The minimum atomic E-state index is -0.890. The first-order valence-electron chi connectivity index (χ1n) is 6.06. The smallest absolute Gasteiger partial charge is 0.347 e. The molecule has 1 heterocycles. The van der Waals surface area contributed by atoms with Gasteiger partial charge in [0, 0.05) is 11.4 Å². The van der Waals surface area contributed by atoms with E-state index in [1.807, 2.05) is 31.2 Å². The molecule has 100 valence electrons. The van der Waals surface area contributed by atoms with Gasteiger partial charge in [0.05, 0.1) is 10.7 Å². The number of rotatable bonds is 5. The van der Waals surface area contributed by atoms with E-state index in [1.54, 1.807) is 0 Å². The summed E-state index contributed by atoms with van der Waals surface area (Å²) in [4.78, 5) is 16.0. The number of thiazole rings is 1. The van der Waals surface area contributed by atoms with Gasteiger partial charge >= 0.3 is 5.97 Å². The largest absolute Gasteiger partial charge is 0.477 e. The van der Waals surface area contributed by atoms with Crippen molar-refractivity contribution in [3.8, 4) is 0 Å². The zero-order valence-corrected chi connectivity index (χ0v) is 12.1. The molecule has 3 nitrogen and oxygen atoms in total. The maximum Gasteiger partial charge on any atom is 0.347 e. The number of aromatic nitrogens is 1. The quantitative estimate of drug-likeness (QED) is 0.906. The summed E-state index contributed by atoms with van der Waals surface area (Å²) in [5.41, 5.74) is 1.73. The summed E-state index contributed by atoms with van der Waals surface area (Å²) in [6.45, 7) is 2.02. The number of hydrogen-bond donors (Lipinski definition) is 1. The van der Waals surface area contributed by atoms with Crippen molar-refractivity contribution in [1.82, 2.24) is 4.98 Å². The zero-order chi connectivity index (χ0) is 13.8. The fourth-order valence-corrected chi connectivity index (χ4v) is 3.07. The van der Waals surface area contributed by atoms with Gasteiger partial charge in [-0.2, -0.15) is 0 Å². The Kier molecular flexibility index (Phi) is 4.56. The van der Waals surface area contributed by atoms with Crippen molar-refractivity contribution in [3.05, 3.63) is 50.4 Å². The van der Waals surface area contributed by atoms with E-state index in [0.717, 1.165) is 17.0 Å². The topological polar surface area (TPSA) is 50.2 Å². The number of aryl methyl sites for hydroxylation is 1. The summed E-state index contributed by atoms with van der Waals surface area (Å²) in [7, 11) is 0. The molecule has 0 aliphatic rings. The molecule has 0 atom stereocenters. The first-order chi connectivity index (χ1) is 9.10. The summed E-state index contributed by atoms with van der Waals surface area (Å²) < 4.78 is 0. The number of carboxylic acids is 1. The van der Waals surface area contributed by atoms with Crippen LogP contribution in [0.1, 0.15) is 39.3 Å². The van der Waals surface area contributed by atoms with Crippen molar-refractivity contribution in [1.29, 1.82) is 0 Å². The highest BCUT2D eigenvalue weighted by Gasteiger charge is 2.16. The van der Waals surface area contributed by atoms with Gasteiger partial charge in [0.2, 0.25) is 0 Å². The van der Waals surface area contributed by atoms with Crippen LogP contribution < -0.4 is 0 Å². The Bertz CT molecular complexity index is 595. The second-order valence-electron chi connectivity index (χ2n) is 4.25. The van der Waals surface area contributed by atoms with Gasteiger partial charge in [-0.1, -0.05) is 37.1 Å². The number of carboxylic acid groups (broad SMARTS) is 1. The Balaban J connectivity index is 2.25. The second-order valence-corrected chi connectivity index (χ2v) is 5.77. The van der Waals surface area contributed by atoms with Gasteiger partial charge in [0.1, 0.15) is 4.88 Å². The van der Waals surface area contributed by atoms with E-state index in [9.17, 15) is 4.79 Å². The highest BCUT2D eigenvalue weighted by molar-refractivity contribution is 7.13. The molecule has 19 heavy (non-hydrogen) atoms. The lowest BCUT2D eigenvalue weighted by Crippen LogP contribution is -1.98. The van der Waals surface area contributed by atoms with Crippen LogP contribution >= 0.6 is 22.9 Å². The summed E-state index contributed by atoms with van der Waals surface area (Å²) in [6, 6.07) is 7.55. The molecule has 2 aromatic rings. The van der Waals surface area contributed by atoms with Crippen LogP contribution in [0.15, 0.2) is 24.3 Å². The molecule has 0 saturated carbocycles. The van der Waals surface area contributed by atoms with Crippen LogP contribution in [0.2, 0.25) is 5.02 Å². The molecule has 2 rings (SSSR count). The molecule has 0 radical (unpaired) electrons. The predicted octanol–water partition coefficient (Wildman–Crippen LogP) is 4.04. The van der Waals surface area contributed by atoms with E-state index in [2.05, 4.69) is 4.98 Å². The Morgan fingerprint density at radius 1 is 1.47 bits per heavy atom. The van der Waals surface area contributed by atoms with Gasteiger partial charge in [-0.05, 0) is 24.1 Å². The molecule has 0 spiro atoms. The molecule has 0 amide bonds. The van der Waals surface area contributed by atoms with Gasteiger partial charge in [-0.3, -0.25) is 0 Å². The van der Waals surface area contributed by atoms with Gasteiger partial charge in [0.15, 0.2) is 0 Å². The number of halogens is 1. The van der Waals surface area contributed by atoms with E-state index in [1.165, 1.54) is 11.3 Å². The van der Waals surface area contributed by atoms with Crippen molar-refractivity contribution >= 4 is 28.9 Å². The summed E-state index contributed by atoms with van der Waals surface area (Å²) in [5, 5.41) is 10.7. The lowest BCUT2D eigenvalue weighted by atomic mass is 10.1. The minimum absolute atomic E-state index is 0.360. The highest BCUT2D eigenvalue weighted by atomic mass is 35.5. The Morgan fingerprint density at radius 3 is 2.89 bits per heavy atom. The number of nitrogens with zero attached hydrogens (tertiary/aromatic N) is 1. The first kappa shape index (κ1) is 14.0. The van der Waals surface area contributed by atoms with Crippen molar-refractivity contribution < 1.29 is 9.90 Å². The fraction of sp³-hybridized carbons (Fsp3) is 0.286. The predicted molar refractivity (Wildman–Crippen MR) is 77.3 cm³/mol. The molecule has 0 saturated heterocycles. The molecule has 1 aromatic carbocycles. The van der Waals surface area contributed by atoms with Gasteiger partial charge in [-0.15, -0.1) is 11.3 Å². The summed E-state index contributed by atoms with van der Waals surface area (Å²) in [5.74, 6) is -0.890. The van der Waals surface area contributed by atoms with Crippen molar-refractivity contribution in [2.24, 2.45) is 0 Å². The molecule has 0 fully saturated rings. The number of carbonyl (C=O) groups is 1. The van der Waals surface area contributed by atoms with Crippen LogP contribution in [0.5, 0.6) is 0 Å². The average molecular weight is 296 g/mol. The maximum atomic E-state index is 11.2. The van der Waals surface area contributed by atoms with E-state index in [-0.39, 0.29) is 0 Å².